The average Bonchev–Trinajstić information content (AvgIpc) is 3.37. The van der Waals surface area contributed by atoms with Gasteiger partial charge in [0.15, 0.2) is 0 Å². The second-order valence-corrected chi connectivity index (χ2v) is 8.17. The van der Waals surface area contributed by atoms with Crippen LogP contribution in [0.25, 0.3) is 0 Å². The number of amides is 4. The van der Waals surface area contributed by atoms with Gasteiger partial charge in [-0.1, -0.05) is 11.2 Å². The first-order chi connectivity index (χ1) is 15.5. The van der Waals surface area contributed by atoms with E-state index in [-0.39, 0.29) is 29.9 Å². The van der Waals surface area contributed by atoms with Crippen molar-refractivity contribution in [2.75, 3.05) is 18.4 Å². The monoisotopic (exact) mass is 438 g/mol. The second-order valence-electron chi connectivity index (χ2n) is 8.17. The summed E-state index contributed by atoms with van der Waals surface area (Å²) >= 11 is 0. The summed E-state index contributed by atoms with van der Waals surface area (Å²) in [6.45, 7) is 2.13. The lowest BCUT2D eigenvalue weighted by Crippen LogP contribution is -2.54. The lowest BCUT2D eigenvalue weighted by atomic mass is 10.00. The number of nitrogens with zero attached hydrogens (tertiary/aromatic N) is 3. The van der Waals surface area contributed by atoms with E-state index in [1.165, 1.54) is 0 Å². The third-order valence-corrected chi connectivity index (χ3v) is 6.03. The zero-order valence-electron chi connectivity index (χ0n) is 17.2. The van der Waals surface area contributed by atoms with Crippen LogP contribution in [0, 0.1) is 0 Å². The van der Waals surface area contributed by atoms with E-state index < -0.39 is 29.7 Å². The molecule has 2 unspecified atom stereocenters. The van der Waals surface area contributed by atoms with Crippen molar-refractivity contribution >= 4 is 29.6 Å². The molecular formula is C21H22N6O5. The largest absolute Gasteiger partial charge is 0.408 e. The van der Waals surface area contributed by atoms with Crippen LogP contribution in [0.4, 0.5) is 6.01 Å². The number of anilines is 1. The molecule has 2 aromatic rings. The van der Waals surface area contributed by atoms with E-state index in [2.05, 4.69) is 26.1 Å². The van der Waals surface area contributed by atoms with Gasteiger partial charge in [-0.2, -0.15) is 0 Å². The summed E-state index contributed by atoms with van der Waals surface area (Å²) in [6, 6.07) is 4.24. The van der Waals surface area contributed by atoms with Crippen LogP contribution >= 0.6 is 0 Å². The fourth-order valence-corrected chi connectivity index (χ4v) is 4.34. The van der Waals surface area contributed by atoms with Gasteiger partial charge in [0.25, 0.3) is 11.8 Å². The number of aromatic nitrogens is 2. The van der Waals surface area contributed by atoms with E-state index in [0.717, 1.165) is 36.4 Å². The van der Waals surface area contributed by atoms with Crippen molar-refractivity contribution in [2.45, 2.75) is 44.2 Å². The molecule has 0 saturated carbocycles. The van der Waals surface area contributed by atoms with E-state index in [1.807, 2.05) is 0 Å². The van der Waals surface area contributed by atoms with Gasteiger partial charge in [-0.25, -0.2) is 0 Å². The standard InChI is InChI=1S/C21H22N6O5/c28-16-6-5-15(17(29)24-16)27-19(30)13-4-3-11(8-14(13)20(27)31)9-23-21-26-25-18(32-21)12-2-1-7-22-10-12/h3-4,8,12,15,22H,1-2,5-7,9-10H2,(H,23,26)(H,24,28,29). The molecule has 3 aliphatic rings. The lowest BCUT2D eigenvalue weighted by molar-refractivity contribution is -0.136. The van der Waals surface area contributed by atoms with E-state index in [9.17, 15) is 19.2 Å². The van der Waals surface area contributed by atoms with Crippen molar-refractivity contribution in [1.82, 2.24) is 25.7 Å². The maximum atomic E-state index is 12.9. The molecule has 11 nitrogen and oxygen atoms in total. The van der Waals surface area contributed by atoms with Crippen molar-refractivity contribution in [1.29, 1.82) is 0 Å². The minimum atomic E-state index is -0.979. The Bertz CT molecular complexity index is 1110. The van der Waals surface area contributed by atoms with Gasteiger partial charge in [0.2, 0.25) is 17.7 Å². The summed E-state index contributed by atoms with van der Waals surface area (Å²) in [5.41, 5.74) is 1.22. The third kappa shape index (κ3) is 3.64. The van der Waals surface area contributed by atoms with Gasteiger partial charge in [0.05, 0.1) is 11.1 Å². The molecule has 0 spiro atoms. The molecule has 0 radical (unpaired) electrons. The third-order valence-electron chi connectivity index (χ3n) is 6.03. The van der Waals surface area contributed by atoms with E-state index >= 15 is 0 Å². The number of carbonyl (C=O) groups excluding carboxylic acids is 4. The number of rotatable bonds is 5. The molecule has 166 valence electrons. The highest BCUT2D eigenvalue weighted by molar-refractivity contribution is 6.23. The topological polar surface area (TPSA) is 147 Å². The van der Waals surface area contributed by atoms with Crippen LogP contribution in [0.5, 0.6) is 0 Å². The maximum Gasteiger partial charge on any atom is 0.315 e. The molecule has 2 fully saturated rings. The summed E-state index contributed by atoms with van der Waals surface area (Å²) < 4.78 is 5.72. The number of benzene rings is 1. The van der Waals surface area contributed by atoms with Crippen LogP contribution in [0.15, 0.2) is 22.6 Å². The zero-order valence-corrected chi connectivity index (χ0v) is 17.2. The molecule has 3 aliphatic heterocycles. The molecule has 0 aliphatic carbocycles. The fraction of sp³-hybridized carbons (Fsp3) is 0.429. The predicted octanol–water partition coefficient (Wildman–Crippen LogP) is 0.550. The van der Waals surface area contributed by atoms with Gasteiger partial charge in [-0.15, -0.1) is 5.10 Å². The maximum absolute atomic E-state index is 12.9. The van der Waals surface area contributed by atoms with Crippen molar-refractivity contribution in [3.63, 3.8) is 0 Å². The Balaban J connectivity index is 1.27. The molecule has 4 amide bonds. The number of piperidine rings is 2. The number of nitrogens with one attached hydrogen (secondary N) is 3. The molecule has 1 aromatic heterocycles. The number of hydrogen-bond donors (Lipinski definition) is 3. The van der Waals surface area contributed by atoms with E-state index in [4.69, 9.17) is 4.42 Å². The van der Waals surface area contributed by atoms with Gasteiger partial charge in [0.1, 0.15) is 6.04 Å². The van der Waals surface area contributed by atoms with Crippen LogP contribution in [-0.2, 0) is 16.1 Å². The highest BCUT2D eigenvalue weighted by atomic mass is 16.4. The molecule has 0 bridgehead atoms. The Morgan fingerprint density at radius 3 is 2.72 bits per heavy atom. The van der Waals surface area contributed by atoms with Crippen LogP contribution in [0.3, 0.4) is 0 Å². The van der Waals surface area contributed by atoms with Gasteiger partial charge < -0.3 is 15.1 Å². The number of imide groups is 2. The average molecular weight is 438 g/mol. The first-order valence-electron chi connectivity index (χ1n) is 10.6. The second kappa shape index (κ2) is 8.15. The van der Waals surface area contributed by atoms with Gasteiger partial charge in [-0.3, -0.25) is 29.4 Å². The predicted molar refractivity (Wildman–Crippen MR) is 110 cm³/mol. The molecule has 11 heteroatoms. The van der Waals surface area contributed by atoms with Gasteiger partial charge >= 0.3 is 6.01 Å². The molecule has 2 atom stereocenters. The van der Waals surface area contributed by atoms with Crippen molar-refractivity contribution in [3.05, 3.63) is 40.8 Å². The number of hydrogen-bond acceptors (Lipinski definition) is 9. The number of carbonyl (C=O) groups is 4. The highest BCUT2D eigenvalue weighted by Gasteiger charge is 2.44. The molecule has 5 rings (SSSR count). The Labute approximate surface area is 182 Å². The summed E-state index contributed by atoms with van der Waals surface area (Å²) in [5, 5.41) is 16.7. The normalized spacial score (nSPS) is 23.3. The number of fused-ring (bicyclic) bond motifs is 1. The van der Waals surface area contributed by atoms with Crippen LogP contribution in [0.2, 0.25) is 0 Å². The highest BCUT2D eigenvalue weighted by Crippen LogP contribution is 2.29. The van der Waals surface area contributed by atoms with Crippen molar-refractivity contribution in [3.8, 4) is 0 Å². The van der Waals surface area contributed by atoms with Gasteiger partial charge in [-0.05, 0) is 43.5 Å². The molecule has 2 saturated heterocycles. The van der Waals surface area contributed by atoms with Crippen molar-refractivity contribution < 1.29 is 23.6 Å². The SMILES string of the molecule is O=C1CCC(N2C(=O)c3ccc(CNc4nnc(C5CCCNC5)o4)cc3C2=O)C(=O)N1. The summed E-state index contributed by atoms with van der Waals surface area (Å²) in [6.07, 6.45) is 2.27. The minimum absolute atomic E-state index is 0.0854. The van der Waals surface area contributed by atoms with Crippen LogP contribution < -0.4 is 16.0 Å². The molecule has 32 heavy (non-hydrogen) atoms. The lowest BCUT2D eigenvalue weighted by Gasteiger charge is -2.27. The summed E-state index contributed by atoms with van der Waals surface area (Å²) in [5.74, 6) is -1.30. The minimum Gasteiger partial charge on any atom is -0.408 e. The Morgan fingerprint density at radius 2 is 1.94 bits per heavy atom. The summed E-state index contributed by atoms with van der Waals surface area (Å²) in [7, 11) is 0. The molecular weight excluding hydrogens is 416 g/mol. The Morgan fingerprint density at radius 1 is 1.09 bits per heavy atom. The zero-order chi connectivity index (χ0) is 22.2. The first-order valence-corrected chi connectivity index (χ1v) is 10.6. The van der Waals surface area contributed by atoms with E-state index in [1.54, 1.807) is 18.2 Å². The van der Waals surface area contributed by atoms with Crippen LogP contribution in [0.1, 0.15) is 63.8 Å². The van der Waals surface area contributed by atoms with Crippen molar-refractivity contribution in [2.24, 2.45) is 0 Å². The Hall–Kier alpha value is -3.60. The smallest absolute Gasteiger partial charge is 0.315 e. The fourth-order valence-electron chi connectivity index (χ4n) is 4.34. The molecule has 3 N–H and O–H groups in total. The van der Waals surface area contributed by atoms with Crippen LogP contribution in [-0.4, -0.2) is 57.9 Å². The van der Waals surface area contributed by atoms with E-state index in [0.29, 0.717) is 18.5 Å². The molecule has 1 aromatic carbocycles. The van der Waals surface area contributed by atoms with Gasteiger partial charge in [0, 0.05) is 25.4 Å². The Kier molecular flexibility index (Phi) is 5.17. The molecule has 4 heterocycles. The quantitative estimate of drug-likeness (QED) is 0.569. The summed E-state index contributed by atoms with van der Waals surface area (Å²) in [4.78, 5) is 50.2. The first kappa shape index (κ1) is 20.3.